The Balaban J connectivity index is 1.62. The molecule has 0 unspecified atom stereocenters. The van der Waals surface area contributed by atoms with Crippen molar-refractivity contribution < 1.29 is 27.2 Å². The highest BCUT2D eigenvalue weighted by Gasteiger charge is 2.37. The number of alkyl halides is 3. The first-order valence-electron chi connectivity index (χ1n) is 12.8. The van der Waals surface area contributed by atoms with Crippen LogP contribution in [0.25, 0.3) is 22.2 Å². The summed E-state index contributed by atoms with van der Waals surface area (Å²) < 4.78 is 67.4. The molecule has 2 aromatic heterocycles. The second-order valence-corrected chi connectivity index (χ2v) is 13.6. The van der Waals surface area contributed by atoms with Gasteiger partial charge in [-0.1, -0.05) is 0 Å². The van der Waals surface area contributed by atoms with Crippen LogP contribution in [-0.4, -0.2) is 78.7 Å². The summed E-state index contributed by atoms with van der Waals surface area (Å²) in [4.78, 5) is 13.7. The maximum atomic E-state index is 14.1. The molecular formula is C26H33F3N5O3P. The number of hydrogen-bond donors (Lipinski definition) is 2. The van der Waals surface area contributed by atoms with Crippen molar-refractivity contribution in [3.8, 4) is 17.0 Å². The lowest BCUT2D eigenvalue weighted by atomic mass is 10.1. The van der Waals surface area contributed by atoms with E-state index in [9.17, 15) is 17.7 Å². The average molecular weight is 552 g/mol. The third-order valence-electron chi connectivity index (χ3n) is 7.32. The molecule has 12 heteroatoms. The highest BCUT2D eigenvalue weighted by atomic mass is 31.2. The molecule has 1 fully saturated rings. The predicted molar refractivity (Wildman–Crippen MR) is 142 cm³/mol. The van der Waals surface area contributed by atoms with Crippen LogP contribution >= 0.6 is 7.14 Å². The van der Waals surface area contributed by atoms with E-state index in [0.29, 0.717) is 54.2 Å². The topological polar surface area (TPSA) is 92.4 Å². The predicted octanol–water partition coefficient (Wildman–Crippen LogP) is 4.96. The normalized spacial score (nSPS) is 21.9. The standard InChI is InChI=1S/C26H33F3N5O3P/c1-34-9-12-36-10-4-11-37-21-8-7-18-19(14-30-23(18)24(21)38(2,3)35)22-20(26(27,28)29)15-31-25(33-22)32-16-5-6-17(34)13-16/h7-8,14-17,30H,4-6,9-13H2,1-3H3,(H,31,32,33)/t16-,17-/m0/s1. The number of benzene rings is 1. The van der Waals surface area contributed by atoms with E-state index < -0.39 is 18.9 Å². The van der Waals surface area contributed by atoms with Crippen molar-refractivity contribution in [3.05, 3.63) is 30.1 Å². The number of fused-ring (bicyclic) bond motifs is 8. The Hall–Kier alpha value is -2.62. The smallest absolute Gasteiger partial charge is 0.419 e. The van der Waals surface area contributed by atoms with Crippen LogP contribution in [-0.2, 0) is 15.5 Å². The highest BCUT2D eigenvalue weighted by Crippen LogP contribution is 2.44. The number of hydrogen-bond acceptors (Lipinski definition) is 7. The van der Waals surface area contributed by atoms with Gasteiger partial charge < -0.3 is 29.2 Å². The van der Waals surface area contributed by atoms with Gasteiger partial charge in [0, 0.05) is 55.0 Å². The number of nitrogens with zero attached hydrogens (tertiary/aromatic N) is 3. The van der Waals surface area contributed by atoms with Gasteiger partial charge in [0.2, 0.25) is 5.95 Å². The zero-order chi connectivity index (χ0) is 27.1. The zero-order valence-electron chi connectivity index (χ0n) is 21.8. The molecule has 38 heavy (non-hydrogen) atoms. The van der Waals surface area contributed by atoms with Gasteiger partial charge in [0.1, 0.15) is 18.5 Å². The second kappa shape index (κ2) is 10.5. The molecule has 206 valence electrons. The molecule has 2 atom stereocenters. The van der Waals surface area contributed by atoms with Crippen LogP contribution in [0.1, 0.15) is 31.2 Å². The Bertz CT molecular complexity index is 1360. The molecule has 0 radical (unpaired) electrons. The van der Waals surface area contributed by atoms with Crippen molar-refractivity contribution in [2.24, 2.45) is 0 Å². The van der Waals surface area contributed by atoms with Crippen molar-refractivity contribution in [1.82, 2.24) is 19.9 Å². The third kappa shape index (κ3) is 5.55. The number of aromatic amines is 1. The molecule has 0 amide bonds. The van der Waals surface area contributed by atoms with Gasteiger partial charge in [-0.25, -0.2) is 9.97 Å². The average Bonchev–Trinajstić information content (AvgIpc) is 3.48. The van der Waals surface area contributed by atoms with Crippen LogP contribution in [0, 0.1) is 0 Å². The molecule has 3 aliphatic rings. The molecule has 0 spiro atoms. The van der Waals surface area contributed by atoms with Gasteiger partial charge in [-0.3, -0.25) is 0 Å². The van der Waals surface area contributed by atoms with Gasteiger partial charge in [-0.15, -0.1) is 0 Å². The van der Waals surface area contributed by atoms with Gasteiger partial charge in [0.15, 0.2) is 0 Å². The molecule has 1 saturated carbocycles. The lowest BCUT2D eigenvalue weighted by Gasteiger charge is -2.24. The summed E-state index contributed by atoms with van der Waals surface area (Å²) in [7, 11) is -0.818. The Morgan fingerprint density at radius 2 is 1.97 bits per heavy atom. The fourth-order valence-corrected chi connectivity index (χ4v) is 6.78. The lowest BCUT2D eigenvalue weighted by molar-refractivity contribution is -0.137. The van der Waals surface area contributed by atoms with Crippen molar-refractivity contribution in [2.45, 2.75) is 43.9 Å². The Morgan fingerprint density at radius 1 is 1.16 bits per heavy atom. The van der Waals surface area contributed by atoms with Crippen molar-refractivity contribution in [1.29, 1.82) is 0 Å². The van der Waals surface area contributed by atoms with Crippen LogP contribution in [0.5, 0.6) is 5.75 Å². The molecule has 8 bridgehead atoms. The molecule has 2 aliphatic heterocycles. The maximum Gasteiger partial charge on any atom is 0.419 e. The molecule has 4 heterocycles. The van der Waals surface area contributed by atoms with Crippen molar-refractivity contribution in [2.75, 3.05) is 52.1 Å². The van der Waals surface area contributed by atoms with Gasteiger partial charge in [0.05, 0.1) is 29.7 Å². The summed E-state index contributed by atoms with van der Waals surface area (Å²) in [6.45, 7) is 5.52. The van der Waals surface area contributed by atoms with Crippen LogP contribution in [0.2, 0.25) is 0 Å². The molecule has 2 N–H and O–H groups in total. The van der Waals surface area contributed by atoms with E-state index in [-0.39, 0.29) is 23.2 Å². The summed E-state index contributed by atoms with van der Waals surface area (Å²) in [5.74, 6) is 0.608. The number of rotatable bonds is 1. The highest BCUT2D eigenvalue weighted by molar-refractivity contribution is 7.70. The van der Waals surface area contributed by atoms with Crippen LogP contribution < -0.4 is 15.4 Å². The zero-order valence-corrected chi connectivity index (χ0v) is 22.7. The number of aromatic nitrogens is 3. The van der Waals surface area contributed by atoms with Crippen molar-refractivity contribution in [3.63, 3.8) is 0 Å². The minimum Gasteiger partial charge on any atom is -0.493 e. The number of likely N-dealkylation sites (N-methyl/N-ethyl adjacent to an activating group) is 1. The van der Waals surface area contributed by atoms with Crippen molar-refractivity contribution >= 4 is 29.3 Å². The van der Waals surface area contributed by atoms with Gasteiger partial charge in [-0.05, 0) is 51.8 Å². The fourth-order valence-electron chi connectivity index (χ4n) is 5.38. The molecule has 8 nitrogen and oxygen atoms in total. The van der Waals surface area contributed by atoms with Gasteiger partial charge in [-0.2, -0.15) is 13.2 Å². The van der Waals surface area contributed by atoms with Crippen LogP contribution in [0.4, 0.5) is 19.1 Å². The van der Waals surface area contributed by atoms with Crippen LogP contribution in [0.15, 0.2) is 24.5 Å². The van der Waals surface area contributed by atoms with E-state index in [1.807, 2.05) is 0 Å². The first-order valence-corrected chi connectivity index (χ1v) is 15.4. The van der Waals surface area contributed by atoms with Gasteiger partial charge >= 0.3 is 6.18 Å². The van der Waals surface area contributed by atoms with Gasteiger partial charge in [0.25, 0.3) is 0 Å². The number of H-pyrrole nitrogens is 1. The first kappa shape index (κ1) is 27.0. The van der Waals surface area contributed by atoms with E-state index in [0.717, 1.165) is 32.0 Å². The van der Waals surface area contributed by atoms with E-state index >= 15 is 0 Å². The quantitative estimate of drug-likeness (QED) is 0.414. The minimum absolute atomic E-state index is 0.0545. The Labute approximate surface area is 219 Å². The summed E-state index contributed by atoms with van der Waals surface area (Å²) in [6, 6.07) is 3.77. The lowest BCUT2D eigenvalue weighted by Crippen LogP contribution is -2.33. The molecular weight excluding hydrogens is 518 g/mol. The van der Waals surface area contributed by atoms with E-state index in [1.165, 1.54) is 6.20 Å². The van der Waals surface area contributed by atoms with E-state index in [2.05, 4.69) is 32.2 Å². The summed E-state index contributed by atoms with van der Waals surface area (Å²) in [5.41, 5.74) is -0.389. The minimum atomic E-state index is -4.65. The maximum absolute atomic E-state index is 14.1. The summed E-state index contributed by atoms with van der Waals surface area (Å²) >= 11 is 0. The van der Waals surface area contributed by atoms with E-state index in [1.54, 1.807) is 25.5 Å². The second-order valence-electron chi connectivity index (χ2n) is 10.4. The third-order valence-corrected chi connectivity index (χ3v) is 8.84. The number of anilines is 1. The van der Waals surface area contributed by atoms with E-state index in [4.69, 9.17) is 9.47 Å². The molecule has 0 saturated heterocycles. The largest absolute Gasteiger partial charge is 0.493 e. The summed E-state index contributed by atoms with van der Waals surface area (Å²) in [6.07, 6.45) is 1.02. The van der Waals surface area contributed by atoms with Crippen LogP contribution in [0.3, 0.4) is 0 Å². The number of halogens is 3. The number of nitrogens with one attached hydrogen (secondary N) is 2. The monoisotopic (exact) mass is 551 g/mol. The number of ether oxygens (including phenoxy) is 2. The Kier molecular flexibility index (Phi) is 7.46. The molecule has 1 aromatic carbocycles. The fraction of sp³-hybridized carbons (Fsp3) is 0.538. The first-order chi connectivity index (χ1) is 18.0. The Morgan fingerprint density at radius 3 is 2.74 bits per heavy atom. The molecule has 6 rings (SSSR count). The molecule has 3 aromatic rings. The SMILES string of the molecule is CN1CCOCCCOc2ccc3c(c[nH]c3c2P(C)(C)=O)-c2nc(ncc2C(F)(F)F)N[C@H]2CC[C@H]1C2. The summed E-state index contributed by atoms with van der Waals surface area (Å²) in [5, 5.41) is 4.22. The molecule has 1 aliphatic carbocycles.